The third-order valence-corrected chi connectivity index (χ3v) is 5.75. The number of carbonyl (C=O) groups excluding carboxylic acids is 1. The van der Waals surface area contributed by atoms with E-state index >= 15 is 0 Å². The SMILES string of the molecule is O=C(Nc1cc(C(F)(F)F)ccc1Cl)N1CCN(Cc2ccc(Cl)s2)CC1. The fraction of sp³-hybridized carbons (Fsp3) is 0.353. The van der Waals surface area contributed by atoms with Crippen molar-refractivity contribution >= 4 is 46.3 Å². The van der Waals surface area contributed by atoms with Gasteiger partial charge < -0.3 is 10.2 Å². The highest BCUT2D eigenvalue weighted by Crippen LogP contribution is 2.34. The monoisotopic (exact) mass is 437 g/mol. The van der Waals surface area contributed by atoms with Gasteiger partial charge in [0.05, 0.1) is 20.6 Å². The van der Waals surface area contributed by atoms with Crippen LogP contribution in [0.1, 0.15) is 10.4 Å². The fourth-order valence-corrected chi connectivity index (χ4v) is 4.05. The van der Waals surface area contributed by atoms with Crippen LogP contribution in [0.15, 0.2) is 30.3 Å². The van der Waals surface area contributed by atoms with Crippen LogP contribution in [0.5, 0.6) is 0 Å². The maximum absolute atomic E-state index is 12.8. The summed E-state index contributed by atoms with van der Waals surface area (Å²) in [7, 11) is 0. The Morgan fingerprint density at radius 1 is 1.11 bits per heavy atom. The molecule has 0 spiro atoms. The molecule has 0 aliphatic carbocycles. The van der Waals surface area contributed by atoms with Gasteiger partial charge in [-0.25, -0.2) is 4.79 Å². The number of halogens is 5. The van der Waals surface area contributed by atoms with Crippen LogP contribution in [0.25, 0.3) is 0 Å². The second kappa shape index (κ2) is 8.26. The van der Waals surface area contributed by atoms with Gasteiger partial charge in [0.2, 0.25) is 0 Å². The van der Waals surface area contributed by atoms with Crippen LogP contribution < -0.4 is 5.32 Å². The second-order valence-corrected chi connectivity index (χ2v) is 8.30. The van der Waals surface area contributed by atoms with Crippen LogP contribution in [-0.2, 0) is 12.7 Å². The normalized spacial score (nSPS) is 15.8. The number of hydrogen-bond donors (Lipinski definition) is 1. The summed E-state index contributed by atoms with van der Waals surface area (Å²) in [5.41, 5.74) is -0.909. The Morgan fingerprint density at radius 2 is 1.81 bits per heavy atom. The Kier molecular flexibility index (Phi) is 6.20. The van der Waals surface area contributed by atoms with Crippen molar-refractivity contribution in [3.63, 3.8) is 0 Å². The molecule has 0 atom stereocenters. The summed E-state index contributed by atoms with van der Waals surface area (Å²) in [5.74, 6) is 0. The molecule has 2 heterocycles. The minimum Gasteiger partial charge on any atom is -0.322 e. The molecule has 27 heavy (non-hydrogen) atoms. The summed E-state index contributed by atoms with van der Waals surface area (Å²) in [4.78, 5) is 17.3. The molecule has 0 radical (unpaired) electrons. The van der Waals surface area contributed by atoms with Gasteiger partial charge in [0.1, 0.15) is 0 Å². The van der Waals surface area contributed by atoms with E-state index in [0.29, 0.717) is 26.2 Å². The molecule has 10 heteroatoms. The van der Waals surface area contributed by atoms with Crippen molar-refractivity contribution in [2.45, 2.75) is 12.7 Å². The van der Waals surface area contributed by atoms with Crippen molar-refractivity contribution in [1.82, 2.24) is 9.80 Å². The minimum atomic E-state index is -4.50. The summed E-state index contributed by atoms with van der Waals surface area (Å²) in [6.45, 7) is 3.04. The Balaban J connectivity index is 1.57. The number of alkyl halides is 3. The zero-order valence-corrected chi connectivity index (χ0v) is 16.4. The first-order chi connectivity index (χ1) is 12.7. The number of thiophene rings is 1. The van der Waals surface area contributed by atoms with Crippen molar-refractivity contribution in [1.29, 1.82) is 0 Å². The molecule has 0 unspecified atom stereocenters. The Morgan fingerprint density at radius 3 is 2.41 bits per heavy atom. The van der Waals surface area contributed by atoms with E-state index in [4.69, 9.17) is 23.2 Å². The number of anilines is 1. The van der Waals surface area contributed by atoms with E-state index in [9.17, 15) is 18.0 Å². The molecule has 2 aromatic rings. The quantitative estimate of drug-likeness (QED) is 0.695. The van der Waals surface area contributed by atoms with Crippen LogP contribution in [0.2, 0.25) is 9.36 Å². The Bertz CT molecular complexity index is 820. The van der Waals surface area contributed by atoms with E-state index in [2.05, 4.69) is 10.2 Å². The Labute approximate surface area is 168 Å². The summed E-state index contributed by atoms with van der Waals surface area (Å²) in [6.07, 6.45) is -4.50. The Hall–Kier alpha value is -1.48. The van der Waals surface area contributed by atoms with Crippen LogP contribution in [0.4, 0.5) is 23.7 Å². The van der Waals surface area contributed by atoms with Crippen molar-refractivity contribution in [3.05, 3.63) is 50.1 Å². The maximum Gasteiger partial charge on any atom is 0.416 e. The molecule has 1 aliphatic heterocycles. The fourth-order valence-electron chi connectivity index (χ4n) is 2.76. The number of benzene rings is 1. The molecule has 1 aliphatic rings. The average Bonchev–Trinajstić information content (AvgIpc) is 3.01. The lowest BCUT2D eigenvalue weighted by atomic mass is 10.2. The molecular weight excluding hydrogens is 422 g/mol. The third kappa shape index (κ3) is 5.28. The van der Waals surface area contributed by atoms with Crippen LogP contribution in [0.3, 0.4) is 0 Å². The van der Waals surface area contributed by atoms with Crippen molar-refractivity contribution in [2.24, 2.45) is 0 Å². The molecule has 2 amide bonds. The number of carbonyl (C=O) groups is 1. The largest absolute Gasteiger partial charge is 0.416 e. The number of piperazine rings is 1. The van der Waals surface area contributed by atoms with E-state index in [-0.39, 0.29) is 10.7 Å². The predicted molar refractivity (Wildman–Crippen MR) is 102 cm³/mol. The van der Waals surface area contributed by atoms with Gasteiger partial charge in [-0.05, 0) is 30.3 Å². The van der Waals surface area contributed by atoms with E-state index in [1.54, 1.807) is 4.90 Å². The lowest BCUT2D eigenvalue weighted by Gasteiger charge is -2.34. The molecule has 146 valence electrons. The number of rotatable bonds is 3. The van der Waals surface area contributed by atoms with Crippen molar-refractivity contribution in [2.75, 3.05) is 31.5 Å². The van der Waals surface area contributed by atoms with E-state index < -0.39 is 17.8 Å². The number of urea groups is 1. The van der Waals surface area contributed by atoms with E-state index in [1.165, 1.54) is 11.3 Å². The van der Waals surface area contributed by atoms with Gasteiger partial charge >= 0.3 is 12.2 Å². The van der Waals surface area contributed by atoms with Crippen LogP contribution in [0, 0.1) is 0 Å². The number of nitrogens with zero attached hydrogens (tertiary/aromatic N) is 2. The lowest BCUT2D eigenvalue weighted by Crippen LogP contribution is -2.49. The summed E-state index contributed by atoms with van der Waals surface area (Å²) in [5, 5.41) is 2.54. The standard InChI is InChI=1S/C17H16Cl2F3N3OS/c18-13-3-1-11(17(20,21)22)9-14(13)23-16(26)25-7-5-24(6-8-25)10-12-2-4-15(19)27-12/h1-4,9H,5-8,10H2,(H,23,26). The van der Waals surface area contributed by atoms with Gasteiger partial charge in [-0.3, -0.25) is 4.90 Å². The molecule has 0 saturated carbocycles. The first-order valence-corrected chi connectivity index (χ1v) is 9.69. The van der Waals surface area contributed by atoms with Crippen molar-refractivity contribution in [3.8, 4) is 0 Å². The molecular formula is C17H16Cl2F3N3OS. The average molecular weight is 438 g/mol. The highest BCUT2D eigenvalue weighted by atomic mass is 35.5. The van der Waals surface area contributed by atoms with Crippen molar-refractivity contribution < 1.29 is 18.0 Å². The molecule has 4 nitrogen and oxygen atoms in total. The first-order valence-electron chi connectivity index (χ1n) is 8.11. The van der Waals surface area contributed by atoms with Crippen LogP contribution >= 0.6 is 34.5 Å². The summed E-state index contributed by atoms with van der Waals surface area (Å²) < 4.78 is 39.2. The predicted octanol–water partition coefficient (Wildman–Crippen LogP) is 5.42. The zero-order valence-electron chi connectivity index (χ0n) is 14.0. The molecule has 1 saturated heterocycles. The molecule has 1 fully saturated rings. The van der Waals surface area contributed by atoms with Gasteiger partial charge in [0.25, 0.3) is 0 Å². The van der Waals surface area contributed by atoms with Gasteiger partial charge in [-0.1, -0.05) is 23.2 Å². The topological polar surface area (TPSA) is 35.6 Å². The van der Waals surface area contributed by atoms with E-state index in [1.807, 2.05) is 12.1 Å². The first kappa shape index (κ1) is 20.3. The highest BCUT2D eigenvalue weighted by molar-refractivity contribution is 7.16. The van der Waals surface area contributed by atoms with Crippen LogP contribution in [-0.4, -0.2) is 42.0 Å². The smallest absolute Gasteiger partial charge is 0.322 e. The number of amides is 2. The lowest BCUT2D eigenvalue weighted by molar-refractivity contribution is -0.137. The van der Waals surface area contributed by atoms with E-state index in [0.717, 1.165) is 34.0 Å². The molecule has 1 aromatic heterocycles. The van der Waals surface area contributed by atoms with Gasteiger partial charge in [0.15, 0.2) is 0 Å². The number of nitrogens with one attached hydrogen (secondary N) is 1. The maximum atomic E-state index is 12.8. The molecule has 1 aromatic carbocycles. The molecule has 1 N–H and O–H groups in total. The molecule has 0 bridgehead atoms. The summed E-state index contributed by atoms with van der Waals surface area (Å²) in [6, 6.07) is 6.22. The van der Waals surface area contributed by atoms with Gasteiger partial charge in [-0.2, -0.15) is 13.2 Å². The summed E-state index contributed by atoms with van der Waals surface area (Å²) >= 11 is 13.4. The van der Waals surface area contributed by atoms with Gasteiger partial charge in [0, 0.05) is 37.6 Å². The zero-order chi connectivity index (χ0) is 19.6. The second-order valence-electron chi connectivity index (χ2n) is 6.09. The number of hydrogen-bond acceptors (Lipinski definition) is 3. The highest BCUT2D eigenvalue weighted by Gasteiger charge is 2.31. The molecule has 3 rings (SSSR count). The third-order valence-electron chi connectivity index (χ3n) is 4.20. The van der Waals surface area contributed by atoms with Gasteiger partial charge in [-0.15, -0.1) is 11.3 Å². The minimum absolute atomic E-state index is 0.0489.